The number of nitrogens with zero attached hydrogens (tertiary/aromatic N) is 1. The maximum absolute atomic E-state index is 12.6. The van der Waals surface area contributed by atoms with Gasteiger partial charge in [0.1, 0.15) is 5.41 Å². The first kappa shape index (κ1) is 15.9. The molecule has 2 aliphatic rings. The van der Waals surface area contributed by atoms with Gasteiger partial charge in [-0.25, -0.2) is 4.79 Å². The van der Waals surface area contributed by atoms with Crippen molar-refractivity contribution in [3.8, 4) is 0 Å². The molecule has 1 aliphatic heterocycles. The Kier molecular flexibility index (Phi) is 5.33. The average molecular weight is 296 g/mol. The molecular formula is C15H24N2O4. The van der Waals surface area contributed by atoms with Crippen molar-refractivity contribution >= 4 is 17.8 Å². The second-order valence-corrected chi connectivity index (χ2v) is 5.82. The molecular weight excluding hydrogens is 272 g/mol. The van der Waals surface area contributed by atoms with Crippen molar-refractivity contribution in [1.82, 2.24) is 10.2 Å². The van der Waals surface area contributed by atoms with Crippen LogP contribution in [-0.4, -0.2) is 42.5 Å². The highest BCUT2D eigenvalue weighted by Gasteiger charge is 2.53. The highest BCUT2D eigenvalue weighted by atomic mass is 16.5. The van der Waals surface area contributed by atoms with Gasteiger partial charge in [-0.15, -0.1) is 0 Å². The van der Waals surface area contributed by atoms with E-state index in [2.05, 4.69) is 5.32 Å². The van der Waals surface area contributed by atoms with E-state index in [1.54, 1.807) is 0 Å². The van der Waals surface area contributed by atoms with E-state index in [0.717, 1.165) is 25.7 Å². The number of nitrogens with one attached hydrogen (secondary N) is 1. The van der Waals surface area contributed by atoms with Crippen LogP contribution in [-0.2, 0) is 14.3 Å². The van der Waals surface area contributed by atoms with Gasteiger partial charge in [0.05, 0.1) is 0 Å². The van der Waals surface area contributed by atoms with Gasteiger partial charge in [0.25, 0.3) is 0 Å². The summed E-state index contributed by atoms with van der Waals surface area (Å²) in [5.74, 6) is -0.720. The summed E-state index contributed by atoms with van der Waals surface area (Å²) in [6.45, 7) is 3.54. The van der Waals surface area contributed by atoms with Crippen molar-refractivity contribution in [3.05, 3.63) is 0 Å². The zero-order chi connectivity index (χ0) is 15.3. The molecule has 0 bridgehead atoms. The van der Waals surface area contributed by atoms with E-state index in [-0.39, 0.29) is 5.91 Å². The normalized spacial score (nSPS) is 21.8. The third kappa shape index (κ3) is 3.26. The second kappa shape index (κ2) is 7.02. The second-order valence-electron chi connectivity index (χ2n) is 5.82. The van der Waals surface area contributed by atoms with Crippen LogP contribution in [0, 0.1) is 5.41 Å². The van der Waals surface area contributed by atoms with Crippen LogP contribution in [0.5, 0.6) is 0 Å². The molecule has 1 saturated heterocycles. The molecule has 6 heteroatoms. The Hall–Kier alpha value is -1.43. The van der Waals surface area contributed by atoms with Gasteiger partial charge in [-0.05, 0) is 25.7 Å². The fourth-order valence-electron chi connectivity index (χ4n) is 3.10. The first-order valence-corrected chi connectivity index (χ1v) is 7.87. The van der Waals surface area contributed by atoms with Crippen LogP contribution in [0.15, 0.2) is 0 Å². The number of carbonyl (C=O) groups excluding carboxylic acids is 3. The number of hydrogen-bond donors (Lipinski definition) is 1. The van der Waals surface area contributed by atoms with Crippen molar-refractivity contribution in [2.75, 3.05) is 19.8 Å². The predicted molar refractivity (Wildman–Crippen MR) is 76.5 cm³/mol. The lowest BCUT2D eigenvalue weighted by Crippen LogP contribution is -2.64. The Morgan fingerprint density at radius 1 is 1.14 bits per heavy atom. The molecule has 6 nitrogen and oxygen atoms in total. The number of amides is 4. The molecule has 2 fully saturated rings. The lowest BCUT2D eigenvalue weighted by atomic mass is 9.71. The summed E-state index contributed by atoms with van der Waals surface area (Å²) >= 11 is 0. The van der Waals surface area contributed by atoms with Crippen LogP contribution in [0.4, 0.5) is 4.79 Å². The predicted octanol–water partition coefficient (Wildman–Crippen LogP) is 1.83. The van der Waals surface area contributed by atoms with E-state index in [1.807, 2.05) is 6.92 Å². The highest BCUT2D eigenvalue weighted by Crippen LogP contribution is 2.40. The number of carbonyl (C=O) groups is 3. The Labute approximate surface area is 125 Å². The number of hydrogen-bond acceptors (Lipinski definition) is 4. The van der Waals surface area contributed by atoms with Crippen molar-refractivity contribution in [2.45, 2.75) is 51.9 Å². The molecule has 118 valence electrons. The number of barbiturate groups is 1. The number of ether oxygens (including phenoxy) is 1. The van der Waals surface area contributed by atoms with Gasteiger partial charge in [0.2, 0.25) is 11.8 Å². The fourth-order valence-corrected chi connectivity index (χ4v) is 3.10. The minimum Gasteiger partial charge on any atom is -0.381 e. The average Bonchev–Trinajstić information content (AvgIpc) is 2.49. The van der Waals surface area contributed by atoms with E-state index in [0.29, 0.717) is 39.0 Å². The summed E-state index contributed by atoms with van der Waals surface area (Å²) in [4.78, 5) is 37.9. The SMILES string of the molecule is CCCOCCCN1C(=O)NC(=O)C2(CCCCC2)C1=O. The summed E-state index contributed by atoms with van der Waals surface area (Å²) in [6.07, 6.45) is 5.41. The summed E-state index contributed by atoms with van der Waals surface area (Å²) < 4.78 is 5.37. The van der Waals surface area contributed by atoms with Crippen LogP contribution < -0.4 is 5.32 Å². The molecule has 0 aromatic rings. The molecule has 1 saturated carbocycles. The number of imide groups is 2. The van der Waals surface area contributed by atoms with Gasteiger partial charge in [-0.2, -0.15) is 0 Å². The standard InChI is InChI=1S/C15H24N2O4/c1-2-10-21-11-6-9-17-13(19)15(7-4-3-5-8-15)12(18)16-14(17)20/h2-11H2,1H3,(H,16,18,20). The van der Waals surface area contributed by atoms with E-state index in [1.165, 1.54) is 4.90 Å². The zero-order valence-electron chi connectivity index (χ0n) is 12.7. The van der Waals surface area contributed by atoms with Gasteiger partial charge in [0, 0.05) is 19.8 Å². The van der Waals surface area contributed by atoms with Crippen LogP contribution in [0.3, 0.4) is 0 Å². The minimum atomic E-state index is -1.00. The maximum Gasteiger partial charge on any atom is 0.330 e. The smallest absolute Gasteiger partial charge is 0.330 e. The zero-order valence-corrected chi connectivity index (χ0v) is 12.7. The monoisotopic (exact) mass is 296 g/mol. The molecule has 4 amide bonds. The topological polar surface area (TPSA) is 75.7 Å². The van der Waals surface area contributed by atoms with Gasteiger partial charge in [0.15, 0.2) is 0 Å². The fraction of sp³-hybridized carbons (Fsp3) is 0.800. The lowest BCUT2D eigenvalue weighted by Gasteiger charge is -2.41. The molecule has 0 unspecified atom stereocenters. The van der Waals surface area contributed by atoms with Crippen molar-refractivity contribution in [1.29, 1.82) is 0 Å². The first-order chi connectivity index (χ1) is 10.1. The molecule has 1 spiro atoms. The van der Waals surface area contributed by atoms with Gasteiger partial charge < -0.3 is 4.74 Å². The largest absolute Gasteiger partial charge is 0.381 e. The molecule has 1 N–H and O–H groups in total. The molecule has 1 aliphatic carbocycles. The molecule has 0 atom stereocenters. The summed E-state index contributed by atoms with van der Waals surface area (Å²) in [5.41, 5.74) is -1.00. The van der Waals surface area contributed by atoms with Crippen molar-refractivity contribution in [3.63, 3.8) is 0 Å². The Balaban J connectivity index is 1.98. The minimum absolute atomic E-state index is 0.309. The van der Waals surface area contributed by atoms with Gasteiger partial charge >= 0.3 is 6.03 Å². The molecule has 2 rings (SSSR count). The first-order valence-electron chi connectivity index (χ1n) is 7.87. The quantitative estimate of drug-likeness (QED) is 0.599. The lowest BCUT2D eigenvalue weighted by molar-refractivity contribution is -0.154. The highest BCUT2D eigenvalue weighted by molar-refractivity contribution is 6.19. The number of urea groups is 1. The van der Waals surface area contributed by atoms with Crippen LogP contribution in [0.1, 0.15) is 51.9 Å². The van der Waals surface area contributed by atoms with Crippen molar-refractivity contribution in [2.24, 2.45) is 5.41 Å². The van der Waals surface area contributed by atoms with Gasteiger partial charge in [-0.1, -0.05) is 26.2 Å². The molecule has 1 heterocycles. The van der Waals surface area contributed by atoms with E-state index in [4.69, 9.17) is 4.74 Å². The third-order valence-corrected chi connectivity index (χ3v) is 4.28. The van der Waals surface area contributed by atoms with Crippen LogP contribution in [0.25, 0.3) is 0 Å². The molecule has 21 heavy (non-hydrogen) atoms. The Morgan fingerprint density at radius 3 is 2.52 bits per heavy atom. The maximum atomic E-state index is 12.6. The van der Waals surface area contributed by atoms with Crippen LogP contribution in [0.2, 0.25) is 0 Å². The summed E-state index contributed by atoms with van der Waals surface area (Å²) in [5, 5.41) is 2.36. The summed E-state index contributed by atoms with van der Waals surface area (Å²) in [7, 11) is 0. The number of rotatable bonds is 6. The van der Waals surface area contributed by atoms with E-state index >= 15 is 0 Å². The molecule has 0 aromatic heterocycles. The van der Waals surface area contributed by atoms with Crippen molar-refractivity contribution < 1.29 is 19.1 Å². The Bertz CT molecular complexity index is 416. The Morgan fingerprint density at radius 2 is 1.86 bits per heavy atom. The molecule has 0 aromatic carbocycles. The van der Waals surface area contributed by atoms with E-state index in [9.17, 15) is 14.4 Å². The van der Waals surface area contributed by atoms with Crippen LogP contribution >= 0.6 is 0 Å². The van der Waals surface area contributed by atoms with Gasteiger partial charge in [-0.3, -0.25) is 19.8 Å². The molecule has 0 radical (unpaired) electrons. The third-order valence-electron chi connectivity index (χ3n) is 4.28. The summed E-state index contributed by atoms with van der Waals surface area (Å²) in [6, 6.07) is -0.586. The van der Waals surface area contributed by atoms with E-state index < -0.39 is 17.4 Å².